The van der Waals surface area contributed by atoms with Gasteiger partial charge in [-0.25, -0.2) is 0 Å². The Morgan fingerprint density at radius 1 is 1.12 bits per heavy atom. The maximum absolute atomic E-state index is 12.3. The van der Waals surface area contributed by atoms with Crippen molar-refractivity contribution in [2.24, 2.45) is 11.3 Å². The fraction of sp³-hybridized carbons (Fsp3) is 0.588. The lowest BCUT2D eigenvalue weighted by molar-refractivity contribution is -0.162. The van der Waals surface area contributed by atoms with Crippen molar-refractivity contribution < 1.29 is 28.7 Å². The first-order valence-corrected chi connectivity index (χ1v) is 7.69. The van der Waals surface area contributed by atoms with E-state index in [2.05, 4.69) is 0 Å². The highest BCUT2D eigenvalue weighted by atomic mass is 16.6. The monoisotopic (exact) mass is 337 g/mol. The van der Waals surface area contributed by atoms with Gasteiger partial charge >= 0.3 is 11.9 Å². The Kier molecular flexibility index (Phi) is 9.25. The second-order valence-corrected chi connectivity index (χ2v) is 5.28. The second kappa shape index (κ2) is 10.3. The number of nitriles is 1. The van der Waals surface area contributed by atoms with Crippen molar-refractivity contribution in [3.63, 3.8) is 0 Å². The summed E-state index contributed by atoms with van der Waals surface area (Å²) in [5, 5.41) is 9.20. The summed E-state index contributed by atoms with van der Waals surface area (Å²) in [6, 6.07) is 1.85. The quantitative estimate of drug-likeness (QED) is 0.339. The van der Waals surface area contributed by atoms with E-state index < -0.39 is 29.1 Å². The Morgan fingerprint density at radius 2 is 1.62 bits per heavy atom. The molecule has 132 valence electrons. The maximum atomic E-state index is 12.3. The van der Waals surface area contributed by atoms with E-state index in [-0.39, 0.29) is 31.8 Å². The molecule has 0 aliphatic rings. The van der Waals surface area contributed by atoms with Gasteiger partial charge in [-0.2, -0.15) is 5.26 Å². The minimum atomic E-state index is -1.50. The molecule has 0 aliphatic heterocycles. The fourth-order valence-corrected chi connectivity index (χ4v) is 1.83. The van der Waals surface area contributed by atoms with Crippen LogP contribution in [0.2, 0.25) is 0 Å². The van der Waals surface area contributed by atoms with E-state index in [0.717, 1.165) is 6.08 Å². The smallest absolute Gasteiger partial charge is 0.320 e. The average molecular weight is 337 g/mol. The lowest BCUT2D eigenvalue weighted by Gasteiger charge is -2.18. The molecular formula is C17H23NO6. The first kappa shape index (κ1) is 21.5. The highest BCUT2D eigenvalue weighted by molar-refractivity contribution is 5.96. The Labute approximate surface area is 141 Å². The minimum absolute atomic E-state index is 0.0972. The molecule has 0 aromatic carbocycles. The molecule has 0 aromatic heterocycles. The molecule has 0 fully saturated rings. The number of hydrogen-bond donors (Lipinski definition) is 0. The SMILES string of the molecule is CCOC(=O)C(CCC(=O)C(C)(C#N)/C=C/C(C)=O)C(=O)OCC. The zero-order chi connectivity index (χ0) is 18.8. The summed E-state index contributed by atoms with van der Waals surface area (Å²) in [4.78, 5) is 47.0. The minimum Gasteiger partial charge on any atom is -0.465 e. The van der Waals surface area contributed by atoms with E-state index in [4.69, 9.17) is 9.47 Å². The van der Waals surface area contributed by atoms with Crippen molar-refractivity contribution in [1.82, 2.24) is 0 Å². The van der Waals surface area contributed by atoms with Gasteiger partial charge in [-0.15, -0.1) is 0 Å². The van der Waals surface area contributed by atoms with E-state index in [0.29, 0.717) is 0 Å². The zero-order valence-corrected chi connectivity index (χ0v) is 14.5. The first-order valence-electron chi connectivity index (χ1n) is 7.69. The predicted octanol–water partition coefficient (Wildman–Crippen LogP) is 1.75. The molecule has 0 radical (unpaired) electrons. The van der Waals surface area contributed by atoms with Crippen molar-refractivity contribution in [1.29, 1.82) is 5.26 Å². The van der Waals surface area contributed by atoms with Crippen LogP contribution in [0.1, 0.15) is 40.5 Å². The number of carbonyl (C=O) groups is 4. The number of esters is 2. The molecule has 24 heavy (non-hydrogen) atoms. The predicted molar refractivity (Wildman–Crippen MR) is 84.5 cm³/mol. The number of hydrogen-bond acceptors (Lipinski definition) is 7. The van der Waals surface area contributed by atoms with Crippen molar-refractivity contribution in [3.05, 3.63) is 12.2 Å². The van der Waals surface area contributed by atoms with E-state index in [1.807, 2.05) is 6.07 Å². The van der Waals surface area contributed by atoms with Gasteiger partial charge in [0.15, 0.2) is 17.5 Å². The van der Waals surface area contributed by atoms with Gasteiger partial charge in [0, 0.05) is 6.42 Å². The van der Waals surface area contributed by atoms with Gasteiger partial charge in [-0.05, 0) is 40.2 Å². The van der Waals surface area contributed by atoms with Crippen LogP contribution in [0.4, 0.5) is 0 Å². The Balaban J connectivity index is 5.09. The molecule has 7 heteroatoms. The van der Waals surface area contributed by atoms with Crippen LogP contribution >= 0.6 is 0 Å². The molecule has 7 nitrogen and oxygen atoms in total. The summed E-state index contributed by atoms with van der Waals surface area (Å²) in [6.07, 6.45) is 2.05. The van der Waals surface area contributed by atoms with Crippen LogP contribution < -0.4 is 0 Å². The van der Waals surface area contributed by atoms with Crippen LogP contribution in [0.15, 0.2) is 12.2 Å². The first-order chi connectivity index (χ1) is 11.2. The van der Waals surface area contributed by atoms with Crippen molar-refractivity contribution in [2.75, 3.05) is 13.2 Å². The van der Waals surface area contributed by atoms with Crippen LogP contribution in [0.25, 0.3) is 0 Å². The lowest BCUT2D eigenvalue weighted by Crippen LogP contribution is -2.31. The molecule has 0 aliphatic carbocycles. The molecule has 0 heterocycles. The summed E-state index contributed by atoms with van der Waals surface area (Å²) in [5.74, 6) is -3.53. The number of nitrogens with zero attached hydrogens (tertiary/aromatic N) is 1. The highest BCUT2D eigenvalue weighted by Crippen LogP contribution is 2.23. The van der Waals surface area contributed by atoms with Gasteiger partial charge < -0.3 is 9.47 Å². The number of allylic oxidation sites excluding steroid dienone is 2. The van der Waals surface area contributed by atoms with Crippen molar-refractivity contribution in [3.8, 4) is 6.07 Å². The molecular weight excluding hydrogens is 314 g/mol. The average Bonchev–Trinajstić information content (AvgIpc) is 2.53. The van der Waals surface area contributed by atoms with E-state index in [1.165, 1.54) is 19.9 Å². The van der Waals surface area contributed by atoms with E-state index in [9.17, 15) is 24.4 Å². The summed E-state index contributed by atoms with van der Waals surface area (Å²) < 4.78 is 9.64. The van der Waals surface area contributed by atoms with Crippen LogP contribution in [0, 0.1) is 22.7 Å². The van der Waals surface area contributed by atoms with Crippen molar-refractivity contribution >= 4 is 23.5 Å². The fourth-order valence-electron chi connectivity index (χ4n) is 1.83. The normalized spacial score (nSPS) is 13.2. The van der Waals surface area contributed by atoms with E-state index in [1.54, 1.807) is 13.8 Å². The van der Waals surface area contributed by atoms with E-state index >= 15 is 0 Å². The summed E-state index contributed by atoms with van der Waals surface area (Å²) in [7, 11) is 0. The molecule has 0 rings (SSSR count). The van der Waals surface area contributed by atoms with Gasteiger partial charge in [0.25, 0.3) is 0 Å². The van der Waals surface area contributed by atoms with Crippen molar-refractivity contribution in [2.45, 2.75) is 40.5 Å². The third-order valence-corrected chi connectivity index (χ3v) is 3.27. The molecule has 0 amide bonds. The Morgan fingerprint density at radius 3 is 2.00 bits per heavy atom. The van der Waals surface area contributed by atoms with Crippen LogP contribution in [-0.2, 0) is 28.7 Å². The topological polar surface area (TPSA) is 111 Å². The van der Waals surface area contributed by atoms with Crippen LogP contribution in [0.3, 0.4) is 0 Å². The summed E-state index contributed by atoms with van der Waals surface area (Å²) in [5.41, 5.74) is -1.50. The number of rotatable bonds is 10. The molecule has 1 atom stereocenters. The number of Topliss-reactive ketones (excluding diaryl/α,β-unsaturated/α-hetero) is 1. The Bertz CT molecular complexity index is 542. The lowest BCUT2D eigenvalue weighted by atomic mass is 9.83. The summed E-state index contributed by atoms with van der Waals surface area (Å²) >= 11 is 0. The third kappa shape index (κ3) is 6.73. The van der Waals surface area contributed by atoms with Gasteiger partial charge in [0.05, 0.1) is 19.3 Å². The molecule has 0 bridgehead atoms. The third-order valence-electron chi connectivity index (χ3n) is 3.27. The largest absolute Gasteiger partial charge is 0.465 e. The molecule has 0 spiro atoms. The standard InChI is InChI=1S/C17H23NO6/c1-5-23-15(21)13(16(22)24-6-2)7-8-14(20)17(4,11-18)10-9-12(3)19/h9-10,13H,5-8H2,1-4H3/b10-9+. The molecule has 0 N–H and O–H groups in total. The highest BCUT2D eigenvalue weighted by Gasteiger charge is 2.34. The molecule has 0 saturated heterocycles. The summed E-state index contributed by atoms with van der Waals surface area (Å²) in [6.45, 7) is 6.07. The molecule has 0 saturated carbocycles. The number of carbonyl (C=O) groups excluding carboxylic acids is 4. The van der Waals surface area contributed by atoms with Crippen LogP contribution in [-0.4, -0.2) is 36.7 Å². The van der Waals surface area contributed by atoms with Gasteiger partial charge in [0.1, 0.15) is 5.41 Å². The maximum Gasteiger partial charge on any atom is 0.320 e. The van der Waals surface area contributed by atoms with Crippen LogP contribution in [0.5, 0.6) is 0 Å². The zero-order valence-electron chi connectivity index (χ0n) is 14.5. The number of ether oxygens (including phenoxy) is 2. The van der Waals surface area contributed by atoms with Gasteiger partial charge in [-0.1, -0.05) is 6.08 Å². The molecule has 0 aromatic rings. The Hall–Kier alpha value is -2.49. The molecule has 1 unspecified atom stereocenters. The number of ketones is 2. The second-order valence-electron chi connectivity index (χ2n) is 5.28. The van der Waals surface area contributed by atoms with Gasteiger partial charge in [0.2, 0.25) is 0 Å². The van der Waals surface area contributed by atoms with Gasteiger partial charge in [-0.3, -0.25) is 19.2 Å².